The monoisotopic (exact) mass is 399 g/mol. The van der Waals surface area contributed by atoms with E-state index in [0.717, 1.165) is 51.1 Å². The summed E-state index contributed by atoms with van der Waals surface area (Å²) >= 11 is 0. The molecule has 0 spiro atoms. The van der Waals surface area contributed by atoms with Crippen LogP contribution in [0, 0.1) is 22.2 Å². The van der Waals surface area contributed by atoms with Crippen LogP contribution in [0.1, 0.15) is 30.4 Å². The van der Waals surface area contributed by atoms with Crippen molar-refractivity contribution < 1.29 is 4.74 Å². The summed E-state index contributed by atoms with van der Waals surface area (Å²) in [6.45, 7) is 3.83. The first-order valence-corrected chi connectivity index (χ1v) is 8.57. The molecule has 2 aliphatic rings. The van der Waals surface area contributed by atoms with E-state index < -0.39 is 0 Å². The van der Waals surface area contributed by atoms with E-state index in [-0.39, 0.29) is 36.2 Å². The van der Waals surface area contributed by atoms with Gasteiger partial charge in [0.25, 0.3) is 0 Å². The Hall–Kier alpha value is -1.68. The summed E-state index contributed by atoms with van der Waals surface area (Å²) in [5.41, 5.74) is 7.82. The van der Waals surface area contributed by atoms with Crippen molar-refractivity contribution in [3.63, 3.8) is 0 Å². The van der Waals surface area contributed by atoms with Gasteiger partial charge >= 0.3 is 0 Å². The Morgan fingerprint density at radius 2 is 2.04 bits per heavy atom. The molecular weight excluding hydrogens is 373 g/mol. The van der Waals surface area contributed by atoms with E-state index in [4.69, 9.17) is 15.9 Å². The molecule has 1 aromatic carbocycles. The minimum absolute atomic E-state index is 0. The third-order valence-corrected chi connectivity index (χ3v) is 5.18. The molecule has 4 N–H and O–H groups in total. The van der Waals surface area contributed by atoms with Gasteiger partial charge in [-0.1, -0.05) is 6.07 Å². The zero-order valence-electron chi connectivity index (χ0n) is 14.8. The standard InChI is InChI=1S/C18H25N5O.2ClH/c19-13-18(4-7-22-8-5-18)6-10-24-16-2-1-14-3-9-23(17(20)21)12-15(14)11-16;;/h1-2,11,22H,3-10,12H2,(H3,20,21);2*1H. The maximum Gasteiger partial charge on any atom is 0.188 e. The lowest BCUT2D eigenvalue weighted by molar-refractivity contribution is 0.201. The Labute approximate surface area is 167 Å². The average Bonchev–Trinajstić information content (AvgIpc) is 2.62. The molecular formula is C18H27Cl2N5O. The summed E-state index contributed by atoms with van der Waals surface area (Å²) < 4.78 is 5.92. The lowest BCUT2D eigenvalue weighted by atomic mass is 9.78. The molecule has 2 aliphatic heterocycles. The van der Waals surface area contributed by atoms with Crippen LogP contribution >= 0.6 is 24.8 Å². The van der Waals surface area contributed by atoms with Gasteiger partial charge in [-0.3, -0.25) is 5.41 Å². The van der Waals surface area contributed by atoms with Gasteiger partial charge < -0.3 is 20.7 Å². The number of guanidine groups is 1. The molecule has 0 bridgehead atoms. The summed E-state index contributed by atoms with van der Waals surface area (Å²) in [5, 5.41) is 20.4. The number of piperidine rings is 1. The molecule has 1 saturated heterocycles. The fourth-order valence-electron chi connectivity index (χ4n) is 3.52. The van der Waals surface area contributed by atoms with Crippen molar-refractivity contribution in [2.45, 2.75) is 32.2 Å². The maximum absolute atomic E-state index is 9.51. The van der Waals surface area contributed by atoms with Gasteiger partial charge in [-0.05, 0) is 55.6 Å². The third kappa shape index (κ3) is 5.16. The molecule has 0 aliphatic carbocycles. The number of hydrogen-bond donors (Lipinski definition) is 3. The van der Waals surface area contributed by atoms with Gasteiger partial charge in [-0.2, -0.15) is 5.26 Å². The van der Waals surface area contributed by atoms with Gasteiger partial charge in [-0.25, -0.2) is 0 Å². The molecule has 144 valence electrons. The molecule has 0 amide bonds. The van der Waals surface area contributed by atoms with E-state index in [9.17, 15) is 5.26 Å². The van der Waals surface area contributed by atoms with Gasteiger partial charge in [0.05, 0.1) is 18.1 Å². The first kappa shape index (κ1) is 22.4. The summed E-state index contributed by atoms with van der Waals surface area (Å²) in [6.07, 6.45) is 3.46. The normalized spacial score (nSPS) is 17.7. The van der Waals surface area contributed by atoms with Gasteiger partial charge in [0.15, 0.2) is 5.96 Å². The van der Waals surface area contributed by atoms with Crippen molar-refractivity contribution in [1.29, 1.82) is 10.7 Å². The van der Waals surface area contributed by atoms with Gasteiger partial charge in [0.2, 0.25) is 0 Å². The fraction of sp³-hybridized carbons (Fsp3) is 0.556. The topological polar surface area (TPSA) is 98.2 Å². The van der Waals surface area contributed by atoms with E-state index in [1.807, 2.05) is 17.0 Å². The fourth-order valence-corrected chi connectivity index (χ4v) is 3.52. The van der Waals surface area contributed by atoms with Crippen LogP contribution in [-0.4, -0.2) is 37.1 Å². The number of nitrogens with zero attached hydrogens (tertiary/aromatic N) is 2. The molecule has 0 radical (unpaired) electrons. The van der Waals surface area contributed by atoms with Crippen molar-refractivity contribution in [1.82, 2.24) is 10.2 Å². The Kier molecular flexibility index (Phi) is 8.48. The predicted octanol–water partition coefficient (Wildman–Crippen LogP) is 2.44. The average molecular weight is 400 g/mol. The van der Waals surface area contributed by atoms with Gasteiger partial charge in [0, 0.05) is 19.5 Å². The van der Waals surface area contributed by atoms with E-state index in [2.05, 4.69) is 17.5 Å². The minimum atomic E-state index is -0.245. The van der Waals surface area contributed by atoms with Crippen LogP contribution in [-0.2, 0) is 13.0 Å². The molecule has 8 heteroatoms. The molecule has 2 heterocycles. The molecule has 6 nitrogen and oxygen atoms in total. The minimum Gasteiger partial charge on any atom is -0.494 e. The highest BCUT2D eigenvalue weighted by atomic mass is 35.5. The van der Waals surface area contributed by atoms with E-state index in [1.54, 1.807) is 0 Å². The van der Waals surface area contributed by atoms with Crippen molar-refractivity contribution in [2.24, 2.45) is 11.1 Å². The molecule has 0 aromatic heterocycles. The Morgan fingerprint density at radius 1 is 1.31 bits per heavy atom. The van der Waals surface area contributed by atoms with E-state index in [1.165, 1.54) is 11.1 Å². The SMILES string of the molecule is Cl.Cl.N#CC1(CCOc2ccc3c(c2)CN(C(=N)N)CC3)CCNCC1. The summed E-state index contributed by atoms with van der Waals surface area (Å²) in [5.74, 6) is 0.954. The number of fused-ring (bicyclic) bond motifs is 1. The van der Waals surface area contributed by atoms with E-state index in [0.29, 0.717) is 13.2 Å². The summed E-state index contributed by atoms with van der Waals surface area (Å²) in [7, 11) is 0. The first-order chi connectivity index (χ1) is 11.6. The number of halogens is 2. The molecule has 1 aromatic rings. The second-order valence-corrected chi connectivity index (χ2v) is 6.73. The highest BCUT2D eigenvalue weighted by Gasteiger charge is 2.31. The number of hydrogen-bond acceptors (Lipinski definition) is 4. The van der Waals surface area contributed by atoms with Crippen LogP contribution in [0.15, 0.2) is 18.2 Å². The number of rotatable bonds is 4. The van der Waals surface area contributed by atoms with Gasteiger partial charge in [-0.15, -0.1) is 24.8 Å². The zero-order chi connectivity index (χ0) is 17.0. The molecule has 0 unspecified atom stereocenters. The Balaban J connectivity index is 0.00000169. The summed E-state index contributed by atoms with van der Waals surface area (Å²) in [4.78, 5) is 1.87. The second-order valence-electron chi connectivity index (χ2n) is 6.73. The highest BCUT2D eigenvalue weighted by Crippen LogP contribution is 2.32. The van der Waals surface area contributed by atoms with Crippen molar-refractivity contribution in [2.75, 3.05) is 26.2 Å². The second kappa shape index (κ2) is 9.86. The number of nitriles is 1. The Morgan fingerprint density at radius 3 is 2.69 bits per heavy atom. The predicted molar refractivity (Wildman–Crippen MR) is 107 cm³/mol. The number of nitrogens with one attached hydrogen (secondary N) is 2. The number of benzene rings is 1. The molecule has 0 saturated carbocycles. The first-order valence-electron chi connectivity index (χ1n) is 8.57. The van der Waals surface area contributed by atoms with Crippen molar-refractivity contribution >= 4 is 30.8 Å². The smallest absolute Gasteiger partial charge is 0.188 e. The number of nitrogens with two attached hydrogens (primary N) is 1. The van der Waals surface area contributed by atoms with Crippen LogP contribution in [0.25, 0.3) is 0 Å². The third-order valence-electron chi connectivity index (χ3n) is 5.18. The lowest BCUT2D eigenvalue weighted by Crippen LogP contribution is -2.40. The summed E-state index contributed by atoms with van der Waals surface area (Å²) in [6, 6.07) is 8.66. The quantitative estimate of drug-likeness (QED) is 0.533. The number of ether oxygens (including phenoxy) is 1. The zero-order valence-corrected chi connectivity index (χ0v) is 16.4. The Bertz CT molecular complexity index is 655. The van der Waals surface area contributed by atoms with Crippen molar-refractivity contribution in [3.05, 3.63) is 29.3 Å². The molecule has 1 fully saturated rings. The molecule has 3 rings (SSSR count). The van der Waals surface area contributed by atoms with Gasteiger partial charge in [0.1, 0.15) is 5.75 Å². The van der Waals surface area contributed by atoms with Crippen LogP contribution in [0.2, 0.25) is 0 Å². The molecule has 0 atom stereocenters. The lowest BCUT2D eigenvalue weighted by Gasteiger charge is -2.31. The van der Waals surface area contributed by atoms with Crippen LogP contribution in [0.3, 0.4) is 0 Å². The van der Waals surface area contributed by atoms with Crippen LogP contribution in [0.4, 0.5) is 0 Å². The van der Waals surface area contributed by atoms with Crippen LogP contribution < -0.4 is 15.8 Å². The molecule has 26 heavy (non-hydrogen) atoms. The maximum atomic E-state index is 9.51. The van der Waals surface area contributed by atoms with Crippen LogP contribution in [0.5, 0.6) is 5.75 Å². The van der Waals surface area contributed by atoms with E-state index >= 15 is 0 Å². The highest BCUT2D eigenvalue weighted by molar-refractivity contribution is 5.85. The largest absolute Gasteiger partial charge is 0.494 e. The van der Waals surface area contributed by atoms with Crippen molar-refractivity contribution in [3.8, 4) is 11.8 Å².